The van der Waals surface area contributed by atoms with Crippen LogP contribution in [0.1, 0.15) is 16.7 Å². The maximum atomic E-state index is 12.8. The Balaban J connectivity index is 1.80. The zero-order chi connectivity index (χ0) is 23.3. The van der Waals surface area contributed by atoms with Gasteiger partial charge in [0.05, 0.1) is 16.7 Å². The number of ether oxygens (including phenoxy) is 1. The van der Waals surface area contributed by atoms with E-state index >= 15 is 0 Å². The molecule has 0 aliphatic rings. The Morgan fingerprint density at radius 2 is 1.91 bits per heavy atom. The SMILES string of the molecule is O=[N+]([O-])c1cc(C(F)(F)F)ccc1N/N=C\c1cc(Br)ccc1OCc1ccccc1Cl. The minimum absolute atomic E-state index is 0.187. The molecule has 0 aromatic heterocycles. The largest absolute Gasteiger partial charge is 0.488 e. The zero-order valence-electron chi connectivity index (χ0n) is 16.1. The molecule has 0 unspecified atom stereocenters. The third-order valence-corrected chi connectivity index (χ3v) is 5.09. The molecule has 0 atom stereocenters. The molecule has 0 fully saturated rings. The second-order valence-corrected chi connectivity index (χ2v) is 7.74. The van der Waals surface area contributed by atoms with E-state index in [-0.39, 0.29) is 12.3 Å². The Labute approximate surface area is 193 Å². The fourth-order valence-electron chi connectivity index (χ4n) is 2.65. The van der Waals surface area contributed by atoms with Gasteiger partial charge in [-0.2, -0.15) is 18.3 Å². The number of nitrogens with one attached hydrogen (secondary N) is 1. The summed E-state index contributed by atoms with van der Waals surface area (Å²) >= 11 is 9.48. The van der Waals surface area contributed by atoms with Crippen LogP contribution in [0.25, 0.3) is 0 Å². The molecule has 0 aliphatic carbocycles. The fourth-order valence-corrected chi connectivity index (χ4v) is 3.22. The van der Waals surface area contributed by atoms with Gasteiger partial charge in [0.15, 0.2) is 0 Å². The highest BCUT2D eigenvalue weighted by atomic mass is 79.9. The summed E-state index contributed by atoms with van der Waals surface area (Å²) in [4.78, 5) is 10.3. The molecule has 0 aliphatic heterocycles. The van der Waals surface area contributed by atoms with Gasteiger partial charge in [-0.3, -0.25) is 15.5 Å². The van der Waals surface area contributed by atoms with Crippen molar-refractivity contribution in [3.8, 4) is 5.75 Å². The number of rotatable bonds is 7. The number of nitrogens with zero attached hydrogens (tertiary/aromatic N) is 2. The first-order valence-corrected chi connectivity index (χ1v) is 10.1. The molecule has 0 saturated carbocycles. The summed E-state index contributed by atoms with van der Waals surface area (Å²) in [5.74, 6) is 0.459. The summed E-state index contributed by atoms with van der Waals surface area (Å²) < 4.78 is 45.1. The molecule has 0 amide bonds. The van der Waals surface area contributed by atoms with Crippen molar-refractivity contribution in [3.63, 3.8) is 0 Å². The predicted octanol–water partition coefficient (Wildman–Crippen LogP) is 7.05. The van der Waals surface area contributed by atoms with E-state index in [0.717, 1.165) is 22.2 Å². The van der Waals surface area contributed by atoms with Gasteiger partial charge in [-0.05, 0) is 36.4 Å². The monoisotopic (exact) mass is 527 g/mol. The van der Waals surface area contributed by atoms with E-state index < -0.39 is 22.4 Å². The van der Waals surface area contributed by atoms with Crippen LogP contribution in [0.3, 0.4) is 0 Å². The first-order valence-electron chi connectivity index (χ1n) is 8.95. The maximum Gasteiger partial charge on any atom is 0.416 e. The van der Waals surface area contributed by atoms with Gasteiger partial charge in [0, 0.05) is 26.7 Å². The zero-order valence-corrected chi connectivity index (χ0v) is 18.4. The van der Waals surface area contributed by atoms with Gasteiger partial charge in [-0.25, -0.2) is 0 Å². The number of alkyl halides is 3. The van der Waals surface area contributed by atoms with E-state index in [1.54, 1.807) is 30.3 Å². The quantitative estimate of drug-likeness (QED) is 0.202. The topological polar surface area (TPSA) is 76.8 Å². The molecule has 1 N–H and O–H groups in total. The molecule has 3 rings (SSSR count). The van der Waals surface area contributed by atoms with E-state index in [0.29, 0.717) is 22.4 Å². The minimum atomic E-state index is -4.70. The molecule has 3 aromatic rings. The number of hydrazone groups is 1. The summed E-state index contributed by atoms with van der Waals surface area (Å²) in [7, 11) is 0. The molecule has 3 aromatic carbocycles. The summed E-state index contributed by atoms with van der Waals surface area (Å²) in [6.07, 6.45) is -3.36. The number of hydrogen-bond donors (Lipinski definition) is 1. The number of hydrogen-bond acceptors (Lipinski definition) is 5. The molecule has 11 heteroatoms. The minimum Gasteiger partial charge on any atom is -0.488 e. The third-order valence-electron chi connectivity index (χ3n) is 4.22. The standard InChI is InChI=1S/C21H14BrClF3N3O3/c22-16-6-8-20(32-12-13-3-1-2-4-17(13)23)14(9-16)11-27-28-18-7-5-15(21(24,25)26)10-19(18)29(30)31/h1-11,28H,12H2/b27-11-. The highest BCUT2D eigenvalue weighted by Crippen LogP contribution is 2.35. The lowest BCUT2D eigenvalue weighted by atomic mass is 10.1. The average Bonchev–Trinajstić information content (AvgIpc) is 2.73. The van der Waals surface area contributed by atoms with Gasteiger partial charge in [-0.15, -0.1) is 0 Å². The molecule has 0 radical (unpaired) electrons. The van der Waals surface area contributed by atoms with E-state index in [9.17, 15) is 23.3 Å². The lowest BCUT2D eigenvalue weighted by molar-refractivity contribution is -0.384. The molecule has 0 heterocycles. The number of halogens is 5. The van der Waals surface area contributed by atoms with Gasteiger partial charge in [-0.1, -0.05) is 45.7 Å². The summed E-state index contributed by atoms with van der Waals surface area (Å²) in [5, 5.41) is 15.7. The molecule has 32 heavy (non-hydrogen) atoms. The van der Waals surface area contributed by atoms with Crippen molar-refractivity contribution in [2.75, 3.05) is 5.43 Å². The molecule has 0 spiro atoms. The summed E-state index contributed by atoms with van der Waals surface area (Å²) in [5.41, 5.74) is 1.66. The van der Waals surface area contributed by atoms with Gasteiger partial charge in [0.2, 0.25) is 0 Å². The van der Waals surface area contributed by atoms with Gasteiger partial charge in [0.1, 0.15) is 18.0 Å². The second-order valence-electron chi connectivity index (χ2n) is 6.42. The normalized spacial score (nSPS) is 11.5. The maximum absolute atomic E-state index is 12.8. The Morgan fingerprint density at radius 3 is 2.59 bits per heavy atom. The third kappa shape index (κ3) is 5.98. The first-order chi connectivity index (χ1) is 15.1. The van der Waals surface area contributed by atoms with E-state index in [1.807, 2.05) is 12.1 Å². The number of nitro groups is 1. The molecule has 0 bridgehead atoms. The highest BCUT2D eigenvalue weighted by molar-refractivity contribution is 9.10. The van der Waals surface area contributed by atoms with Crippen molar-refractivity contribution in [2.45, 2.75) is 12.8 Å². The van der Waals surface area contributed by atoms with Crippen molar-refractivity contribution in [1.29, 1.82) is 0 Å². The van der Waals surface area contributed by atoms with Crippen LogP contribution < -0.4 is 10.2 Å². The Bertz CT molecular complexity index is 1170. The average molecular weight is 529 g/mol. The summed E-state index contributed by atoms with van der Waals surface area (Å²) in [6, 6.07) is 14.5. The van der Waals surface area contributed by atoms with Crippen molar-refractivity contribution >= 4 is 45.1 Å². The Hall–Kier alpha value is -3.11. The van der Waals surface area contributed by atoms with Crippen LogP contribution in [0.15, 0.2) is 70.2 Å². The van der Waals surface area contributed by atoms with Crippen LogP contribution in [0.2, 0.25) is 5.02 Å². The van der Waals surface area contributed by atoms with Crippen LogP contribution in [0.5, 0.6) is 5.75 Å². The lowest BCUT2D eigenvalue weighted by Crippen LogP contribution is -2.06. The Kier molecular flexibility index (Phi) is 7.37. The van der Waals surface area contributed by atoms with E-state index in [1.165, 1.54) is 6.21 Å². The first kappa shape index (κ1) is 23.6. The Morgan fingerprint density at radius 1 is 1.16 bits per heavy atom. The van der Waals surface area contributed by atoms with Gasteiger partial charge >= 0.3 is 6.18 Å². The smallest absolute Gasteiger partial charge is 0.416 e. The highest BCUT2D eigenvalue weighted by Gasteiger charge is 2.33. The second kappa shape index (κ2) is 10.0. The van der Waals surface area contributed by atoms with Crippen LogP contribution in [-0.2, 0) is 12.8 Å². The van der Waals surface area contributed by atoms with Crippen LogP contribution in [0, 0.1) is 10.1 Å². The molecular formula is C21H14BrClF3N3O3. The fraction of sp³-hybridized carbons (Fsp3) is 0.0952. The lowest BCUT2D eigenvalue weighted by Gasteiger charge is -2.11. The van der Waals surface area contributed by atoms with Crippen molar-refractivity contribution in [1.82, 2.24) is 0 Å². The number of benzene rings is 3. The summed E-state index contributed by atoms with van der Waals surface area (Å²) in [6.45, 7) is 0.194. The van der Waals surface area contributed by atoms with Gasteiger partial charge < -0.3 is 4.74 Å². The number of nitro benzene ring substituents is 1. The van der Waals surface area contributed by atoms with Crippen molar-refractivity contribution < 1.29 is 22.8 Å². The molecule has 0 saturated heterocycles. The van der Waals surface area contributed by atoms with Crippen molar-refractivity contribution in [2.24, 2.45) is 5.10 Å². The van der Waals surface area contributed by atoms with Crippen LogP contribution >= 0.6 is 27.5 Å². The molecular weight excluding hydrogens is 515 g/mol. The molecule has 6 nitrogen and oxygen atoms in total. The van der Waals surface area contributed by atoms with E-state index in [2.05, 4.69) is 26.5 Å². The molecule has 166 valence electrons. The van der Waals surface area contributed by atoms with Crippen molar-refractivity contribution in [3.05, 3.63) is 97.0 Å². The predicted molar refractivity (Wildman–Crippen MR) is 119 cm³/mol. The van der Waals surface area contributed by atoms with Gasteiger partial charge in [0.25, 0.3) is 5.69 Å². The van der Waals surface area contributed by atoms with Crippen LogP contribution in [0.4, 0.5) is 24.5 Å². The number of anilines is 1. The van der Waals surface area contributed by atoms with E-state index in [4.69, 9.17) is 16.3 Å². The van der Waals surface area contributed by atoms with Crippen LogP contribution in [-0.4, -0.2) is 11.1 Å².